The zero-order chi connectivity index (χ0) is 11.7. The Morgan fingerprint density at radius 1 is 0.875 bits per heavy atom. The van der Waals surface area contributed by atoms with E-state index in [0.717, 1.165) is 22.3 Å². The van der Waals surface area contributed by atoms with Gasteiger partial charge in [0, 0.05) is 0 Å². The van der Waals surface area contributed by atoms with Gasteiger partial charge in [-0.2, -0.15) is 0 Å². The second-order valence-corrected chi connectivity index (χ2v) is 4.21. The molecule has 82 valence electrons. The second-order valence-electron chi connectivity index (χ2n) is 4.21. The lowest BCUT2D eigenvalue weighted by molar-refractivity contribution is 0.617. The van der Waals surface area contributed by atoms with Crippen molar-refractivity contribution >= 4 is 0 Å². The van der Waals surface area contributed by atoms with Crippen LogP contribution >= 0.6 is 0 Å². The molecule has 16 heavy (non-hydrogen) atoms. The van der Waals surface area contributed by atoms with Gasteiger partial charge in [0.15, 0.2) is 0 Å². The first kappa shape index (κ1) is 10.9. The Balaban J connectivity index is 2.62. The minimum absolute atomic E-state index is 0.127. The topological polar surface area (TPSA) is 0 Å². The Morgan fingerprint density at radius 2 is 1.56 bits per heavy atom. The number of halogens is 1. The van der Waals surface area contributed by atoms with Crippen LogP contribution < -0.4 is 0 Å². The molecule has 0 aromatic heterocycles. The fourth-order valence-corrected chi connectivity index (χ4v) is 1.87. The fraction of sp³-hybridized carbons (Fsp3) is 0.200. The van der Waals surface area contributed by atoms with Crippen molar-refractivity contribution in [1.82, 2.24) is 0 Å². The molecule has 0 atom stereocenters. The van der Waals surface area contributed by atoms with Gasteiger partial charge in [-0.3, -0.25) is 0 Å². The molecule has 0 heterocycles. The van der Waals surface area contributed by atoms with Crippen LogP contribution in [0.4, 0.5) is 4.39 Å². The van der Waals surface area contributed by atoms with E-state index in [2.05, 4.69) is 0 Å². The lowest BCUT2D eigenvalue weighted by Gasteiger charge is -2.09. The predicted octanol–water partition coefficient (Wildman–Crippen LogP) is 4.42. The van der Waals surface area contributed by atoms with E-state index < -0.39 is 0 Å². The summed E-state index contributed by atoms with van der Waals surface area (Å²) in [4.78, 5) is 0. The van der Waals surface area contributed by atoms with Crippen LogP contribution in [0.15, 0.2) is 36.4 Å². The zero-order valence-electron chi connectivity index (χ0n) is 9.84. The summed E-state index contributed by atoms with van der Waals surface area (Å²) in [5, 5.41) is 0. The molecule has 0 N–H and O–H groups in total. The van der Waals surface area contributed by atoms with Crippen molar-refractivity contribution in [3.63, 3.8) is 0 Å². The third-order valence-electron chi connectivity index (χ3n) is 3.06. The summed E-state index contributed by atoms with van der Waals surface area (Å²) in [5.74, 6) is -0.127. The highest BCUT2D eigenvalue weighted by molar-refractivity contribution is 5.68. The molecule has 0 fully saturated rings. The van der Waals surface area contributed by atoms with Crippen molar-refractivity contribution in [2.24, 2.45) is 0 Å². The van der Waals surface area contributed by atoms with E-state index in [1.165, 1.54) is 5.56 Å². The molecule has 2 aromatic rings. The van der Waals surface area contributed by atoms with Crippen LogP contribution in [-0.4, -0.2) is 0 Å². The third-order valence-corrected chi connectivity index (χ3v) is 3.06. The van der Waals surface area contributed by atoms with Crippen molar-refractivity contribution in [2.75, 3.05) is 0 Å². The molecule has 0 amide bonds. The van der Waals surface area contributed by atoms with Crippen LogP contribution in [-0.2, 0) is 0 Å². The number of aryl methyl sites for hydroxylation is 2. The smallest absolute Gasteiger partial charge is 0.126 e. The van der Waals surface area contributed by atoms with Crippen molar-refractivity contribution < 1.29 is 4.39 Å². The Bertz CT molecular complexity index is 504. The normalized spacial score (nSPS) is 10.5. The molecule has 0 unspecified atom stereocenters. The highest BCUT2D eigenvalue weighted by Gasteiger charge is 2.06. The predicted molar refractivity (Wildman–Crippen MR) is 66.0 cm³/mol. The van der Waals surface area contributed by atoms with E-state index in [0.29, 0.717) is 0 Å². The maximum atomic E-state index is 13.7. The summed E-state index contributed by atoms with van der Waals surface area (Å²) in [7, 11) is 0. The minimum atomic E-state index is -0.127. The van der Waals surface area contributed by atoms with Gasteiger partial charge < -0.3 is 0 Å². The third kappa shape index (κ3) is 1.85. The van der Waals surface area contributed by atoms with Gasteiger partial charge in [0.1, 0.15) is 5.82 Å². The van der Waals surface area contributed by atoms with Crippen LogP contribution in [0.25, 0.3) is 11.1 Å². The number of hydrogen-bond donors (Lipinski definition) is 0. The van der Waals surface area contributed by atoms with Gasteiger partial charge in [-0.25, -0.2) is 4.39 Å². The lowest BCUT2D eigenvalue weighted by Crippen LogP contribution is -1.90. The van der Waals surface area contributed by atoms with Crippen LogP contribution in [0.5, 0.6) is 0 Å². The first-order valence-corrected chi connectivity index (χ1v) is 5.42. The number of benzene rings is 2. The average Bonchev–Trinajstić information content (AvgIpc) is 2.26. The molecule has 2 rings (SSSR count). The van der Waals surface area contributed by atoms with Crippen molar-refractivity contribution in [3.8, 4) is 11.1 Å². The minimum Gasteiger partial charge on any atom is -0.207 e. The molecule has 0 saturated carbocycles. The van der Waals surface area contributed by atoms with Gasteiger partial charge >= 0.3 is 0 Å². The maximum absolute atomic E-state index is 13.7. The van der Waals surface area contributed by atoms with Crippen molar-refractivity contribution in [1.29, 1.82) is 0 Å². The summed E-state index contributed by atoms with van der Waals surface area (Å²) in [5.41, 5.74) is 4.96. The first-order chi connectivity index (χ1) is 7.59. The molecule has 0 nitrogen and oxygen atoms in total. The molecule has 0 aliphatic heterocycles. The van der Waals surface area contributed by atoms with Gasteiger partial charge in [-0.05, 0) is 54.7 Å². The second kappa shape index (κ2) is 4.09. The molecule has 0 saturated heterocycles. The Kier molecular flexibility index (Phi) is 2.78. The quantitative estimate of drug-likeness (QED) is 0.659. The first-order valence-electron chi connectivity index (χ1n) is 5.42. The monoisotopic (exact) mass is 214 g/mol. The molecule has 0 aliphatic carbocycles. The van der Waals surface area contributed by atoms with Gasteiger partial charge in [0.05, 0.1) is 0 Å². The van der Waals surface area contributed by atoms with Crippen molar-refractivity contribution in [3.05, 3.63) is 58.9 Å². The van der Waals surface area contributed by atoms with E-state index in [-0.39, 0.29) is 5.82 Å². The summed E-state index contributed by atoms with van der Waals surface area (Å²) < 4.78 is 13.7. The van der Waals surface area contributed by atoms with Crippen LogP contribution in [0.3, 0.4) is 0 Å². The Hall–Kier alpha value is -1.63. The SMILES string of the molecule is Cc1ccccc1-c1cc(C)c(C)c(F)c1. The number of rotatable bonds is 1. The van der Waals surface area contributed by atoms with Gasteiger partial charge in [-0.1, -0.05) is 30.3 Å². The highest BCUT2D eigenvalue weighted by Crippen LogP contribution is 2.26. The molecule has 0 radical (unpaired) electrons. The standard InChI is InChI=1S/C15H15F/c1-10-6-4-5-7-14(10)13-8-11(2)12(3)15(16)9-13/h4-9H,1-3H3. The molecule has 0 bridgehead atoms. The van der Waals surface area contributed by atoms with Crippen LogP contribution in [0, 0.1) is 26.6 Å². The fourth-order valence-electron chi connectivity index (χ4n) is 1.87. The van der Waals surface area contributed by atoms with Crippen molar-refractivity contribution in [2.45, 2.75) is 20.8 Å². The lowest BCUT2D eigenvalue weighted by atomic mass is 9.97. The van der Waals surface area contributed by atoms with Gasteiger partial charge in [-0.15, -0.1) is 0 Å². The molecule has 2 aromatic carbocycles. The number of hydrogen-bond acceptors (Lipinski definition) is 0. The van der Waals surface area contributed by atoms with E-state index in [4.69, 9.17) is 0 Å². The molecular weight excluding hydrogens is 199 g/mol. The Morgan fingerprint density at radius 3 is 2.19 bits per heavy atom. The summed E-state index contributed by atoms with van der Waals surface area (Å²) >= 11 is 0. The van der Waals surface area contributed by atoms with E-state index in [1.54, 1.807) is 6.07 Å². The molecular formula is C15H15F. The molecule has 0 aliphatic rings. The zero-order valence-corrected chi connectivity index (χ0v) is 9.84. The summed E-state index contributed by atoms with van der Waals surface area (Å²) in [6, 6.07) is 11.7. The van der Waals surface area contributed by atoms with Gasteiger partial charge in [0.25, 0.3) is 0 Å². The van der Waals surface area contributed by atoms with E-state index in [1.807, 2.05) is 51.1 Å². The molecule has 1 heteroatoms. The van der Waals surface area contributed by atoms with Crippen LogP contribution in [0.2, 0.25) is 0 Å². The van der Waals surface area contributed by atoms with Gasteiger partial charge in [0.2, 0.25) is 0 Å². The largest absolute Gasteiger partial charge is 0.207 e. The summed E-state index contributed by atoms with van der Waals surface area (Å²) in [6.45, 7) is 5.80. The summed E-state index contributed by atoms with van der Waals surface area (Å²) in [6.07, 6.45) is 0. The average molecular weight is 214 g/mol. The van der Waals surface area contributed by atoms with E-state index >= 15 is 0 Å². The van der Waals surface area contributed by atoms with Crippen LogP contribution in [0.1, 0.15) is 16.7 Å². The van der Waals surface area contributed by atoms with E-state index in [9.17, 15) is 4.39 Å². The highest BCUT2D eigenvalue weighted by atomic mass is 19.1. The molecule has 0 spiro atoms. The Labute approximate surface area is 95.7 Å². The maximum Gasteiger partial charge on any atom is 0.126 e.